The maximum absolute atomic E-state index is 12.0. The average molecular weight is 247 g/mol. The van der Waals surface area contributed by atoms with Gasteiger partial charge in [0, 0.05) is 24.9 Å². The van der Waals surface area contributed by atoms with E-state index in [-0.39, 0.29) is 18.1 Å². The van der Waals surface area contributed by atoms with Gasteiger partial charge in [-0.2, -0.15) is 5.10 Å². The second-order valence-corrected chi connectivity index (χ2v) is 4.13. The van der Waals surface area contributed by atoms with Gasteiger partial charge in [-0.25, -0.2) is 5.01 Å². The van der Waals surface area contributed by atoms with Crippen molar-refractivity contribution in [3.63, 3.8) is 0 Å². The molecule has 96 valence electrons. The zero-order valence-corrected chi connectivity index (χ0v) is 10.8. The average Bonchev–Trinajstić information content (AvgIpc) is 2.27. The summed E-state index contributed by atoms with van der Waals surface area (Å²) in [6.45, 7) is 3.19. The molecule has 2 N–H and O–H groups in total. The van der Waals surface area contributed by atoms with Crippen molar-refractivity contribution in [3.05, 3.63) is 29.8 Å². The number of anilines is 1. The van der Waals surface area contributed by atoms with Crippen LogP contribution in [0.3, 0.4) is 0 Å². The molecule has 1 aromatic rings. The Balaban J connectivity index is 2.85. The van der Waals surface area contributed by atoms with Gasteiger partial charge in [0.1, 0.15) is 5.78 Å². The molecule has 0 atom stereocenters. The molecular formula is C13H17N3O2. The Hall–Kier alpha value is -2.17. The van der Waals surface area contributed by atoms with Crippen molar-refractivity contribution in [3.8, 4) is 0 Å². The van der Waals surface area contributed by atoms with Gasteiger partial charge in [0.05, 0.1) is 5.56 Å². The lowest BCUT2D eigenvalue weighted by molar-refractivity contribution is -0.115. The first kappa shape index (κ1) is 13.9. The number of nitrogens with two attached hydrogens (primary N) is 1. The number of hydrogen-bond donors (Lipinski definition) is 1. The summed E-state index contributed by atoms with van der Waals surface area (Å²) in [7, 11) is 1.54. The third-order valence-corrected chi connectivity index (χ3v) is 2.31. The van der Waals surface area contributed by atoms with Crippen molar-refractivity contribution >= 4 is 23.1 Å². The van der Waals surface area contributed by atoms with Crippen molar-refractivity contribution in [1.82, 2.24) is 5.01 Å². The van der Waals surface area contributed by atoms with Gasteiger partial charge in [-0.05, 0) is 26.0 Å². The van der Waals surface area contributed by atoms with Crippen molar-refractivity contribution in [2.24, 2.45) is 5.10 Å². The van der Waals surface area contributed by atoms with Gasteiger partial charge >= 0.3 is 0 Å². The van der Waals surface area contributed by atoms with Gasteiger partial charge in [-0.3, -0.25) is 9.59 Å². The number of nitrogens with zero attached hydrogens (tertiary/aromatic N) is 2. The zero-order valence-electron chi connectivity index (χ0n) is 10.8. The van der Waals surface area contributed by atoms with E-state index in [9.17, 15) is 9.59 Å². The van der Waals surface area contributed by atoms with E-state index in [1.165, 1.54) is 11.9 Å². The molecule has 18 heavy (non-hydrogen) atoms. The minimum atomic E-state index is -0.295. The van der Waals surface area contributed by atoms with Gasteiger partial charge in [0.2, 0.25) is 0 Å². The van der Waals surface area contributed by atoms with E-state index in [2.05, 4.69) is 5.10 Å². The standard InChI is InChI=1S/C13H17N3O2/c1-9(8-10(2)17)15-16(3)13(18)11-6-4-5-7-12(11)14/h4-7H,8,14H2,1-3H3/b15-9+. The van der Waals surface area contributed by atoms with Crippen LogP contribution in [0.5, 0.6) is 0 Å². The Labute approximate surface area is 106 Å². The molecule has 0 spiro atoms. The van der Waals surface area contributed by atoms with Crippen LogP contribution in [-0.4, -0.2) is 29.5 Å². The van der Waals surface area contributed by atoms with Crippen molar-refractivity contribution in [2.45, 2.75) is 20.3 Å². The van der Waals surface area contributed by atoms with Crippen LogP contribution in [0.4, 0.5) is 5.69 Å². The molecule has 0 heterocycles. The second-order valence-electron chi connectivity index (χ2n) is 4.13. The van der Waals surface area contributed by atoms with Crippen LogP contribution < -0.4 is 5.73 Å². The lowest BCUT2D eigenvalue weighted by Gasteiger charge is -2.13. The van der Waals surface area contributed by atoms with E-state index in [0.717, 1.165) is 0 Å². The van der Waals surface area contributed by atoms with Crippen molar-refractivity contribution < 1.29 is 9.59 Å². The van der Waals surface area contributed by atoms with Crippen LogP contribution in [0.2, 0.25) is 0 Å². The molecule has 0 unspecified atom stereocenters. The van der Waals surface area contributed by atoms with Gasteiger partial charge in [0.25, 0.3) is 5.91 Å². The highest BCUT2D eigenvalue weighted by atomic mass is 16.2. The molecule has 0 bridgehead atoms. The Morgan fingerprint density at radius 1 is 1.28 bits per heavy atom. The summed E-state index contributed by atoms with van der Waals surface area (Å²) in [6.07, 6.45) is 0.238. The highest BCUT2D eigenvalue weighted by molar-refractivity contribution is 6.02. The first-order chi connectivity index (χ1) is 8.41. The fourth-order valence-electron chi connectivity index (χ4n) is 1.56. The Morgan fingerprint density at radius 2 is 1.89 bits per heavy atom. The molecule has 5 heteroatoms. The molecule has 0 fully saturated rings. The van der Waals surface area contributed by atoms with Crippen LogP contribution in [0.15, 0.2) is 29.4 Å². The summed E-state index contributed by atoms with van der Waals surface area (Å²) in [5.41, 5.74) is 7.12. The zero-order chi connectivity index (χ0) is 13.7. The molecule has 0 radical (unpaired) electrons. The number of benzene rings is 1. The van der Waals surface area contributed by atoms with Gasteiger partial charge in [-0.15, -0.1) is 0 Å². The van der Waals surface area contributed by atoms with E-state index in [0.29, 0.717) is 17.0 Å². The number of carbonyl (C=O) groups excluding carboxylic acids is 2. The lowest BCUT2D eigenvalue weighted by atomic mass is 10.1. The van der Waals surface area contributed by atoms with E-state index in [1.54, 1.807) is 38.2 Å². The quantitative estimate of drug-likeness (QED) is 0.500. The van der Waals surface area contributed by atoms with E-state index < -0.39 is 0 Å². The summed E-state index contributed by atoms with van der Waals surface area (Å²) in [5, 5.41) is 5.26. The number of Topliss-reactive ketones (excluding diaryl/α,β-unsaturated/α-hetero) is 1. The summed E-state index contributed by atoms with van der Waals surface area (Å²) < 4.78 is 0. The SMILES string of the molecule is CC(=O)C/C(C)=N/N(C)C(=O)c1ccccc1N. The normalized spacial score (nSPS) is 11.2. The molecule has 0 aliphatic rings. The minimum absolute atomic E-state index is 0.0105. The topological polar surface area (TPSA) is 75.8 Å². The predicted molar refractivity (Wildman–Crippen MR) is 71.4 cm³/mol. The molecular weight excluding hydrogens is 230 g/mol. The van der Waals surface area contributed by atoms with E-state index in [4.69, 9.17) is 5.73 Å². The molecule has 0 saturated heterocycles. The highest BCUT2D eigenvalue weighted by Crippen LogP contribution is 2.13. The smallest absolute Gasteiger partial charge is 0.275 e. The van der Waals surface area contributed by atoms with E-state index >= 15 is 0 Å². The maximum atomic E-state index is 12.0. The summed E-state index contributed by atoms with van der Waals surface area (Å²) >= 11 is 0. The lowest BCUT2D eigenvalue weighted by Crippen LogP contribution is -2.23. The maximum Gasteiger partial charge on any atom is 0.275 e. The first-order valence-electron chi connectivity index (χ1n) is 5.58. The summed E-state index contributed by atoms with van der Waals surface area (Å²) in [5.74, 6) is -0.285. The van der Waals surface area contributed by atoms with E-state index in [1.807, 2.05) is 0 Å². The number of nitrogen functional groups attached to an aromatic ring is 1. The number of rotatable bonds is 4. The third kappa shape index (κ3) is 3.69. The fraction of sp³-hybridized carbons (Fsp3) is 0.308. The number of hydrogen-bond acceptors (Lipinski definition) is 4. The van der Waals surface area contributed by atoms with Crippen LogP contribution >= 0.6 is 0 Å². The largest absolute Gasteiger partial charge is 0.398 e. The van der Waals surface area contributed by atoms with Crippen molar-refractivity contribution in [2.75, 3.05) is 12.8 Å². The first-order valence-corrected chi connectivity index (χ1v) is 5.58. The van der Waals surface area contributed by atoms with Gasteiger partial charge in [-0.1, -0.05) is 12.1 Å². The fourth-order valence-corrected chi connectivity index (χ4v) is 1.56. The predicted octanol–water partition coefficient (Wildman–Crippen LogP) is 1.70. The summed E-state index contributed by atoms with van der Waals surface area (Å²) in [4.78, 5) is 23.0. The number of ketones is 1. The number of carbonyl (C=O) groups is 2. The number of hydrazone groups is 1. The molecule has 1 amide bonds. The molecule has 0 aliphatic carbocycles. The number of para-hydroxylation sites is 1. The second kappa shape index (κ2) is 5.95. The van der Waals surface area contributed by atoms with Crippen LogP contribution in [0, 0.1) is 0 Å². The highest BCUT2D eigenvalue weighted by Gasteiger charge is 2.13. The molecule has 5 nitrogen and oxygen atoms in total. The molecule has 0 aromatic heterocycles. The Morgan fingerprint density at radius 3 is 2.44 bits per heavy atom. The monoisotopic (exact) mass is 247 g/mol. The molecule has 0 saturated carbocycles. The minimum Gasteiger partial charge on any atom is -0.398 e. The van der Waals surface area contributed by atoms with Crippen LogP contribution in [-0.2, 0) is 4.79 Å². The molecule has 1 rings (SSSR count). The molecule has 1 aromatic carbocycles. The van der Waals surface area contributed by atoms with Crippen LogP contribution in [0.1, 0.15) is 30.6 Å². The molecule has 0 aliphatic heterocycles. The Kier molecular flexibility index (Phi) is 4.59. The number of amides is 1. The van der Waals surface area contributed by atoms with Crippen molar-refractivity contribution in [1.29, 1.82) is 0 Å². The third-order valence-electron chi connectivity index (χ3n) is 2.31. The summed E-state index contributed by atoms with van der Waals surface area (Å²) in [6, 6.07) is 6.80. The van der Waals surface area contributed by atoms with Crippen LogP contribution in [0.25, 0.3) is 0 Å². The van der Waals surface area contributed by atoms with Gasteiger partial charge in [0.15, 0.2) is 0 Å². The van der Waals surface area contributed by atoms with Gasteiger partial charge < -0.3 is 5.73 Å². The Bertz CT molecular complexity index is 495.